The van der Waals surface area contributed by atoms with Crippen molar-refractivity contribution in [2.45, 2.75) is 18.9 Å². The maximum atomic E-state index is 13.1. The normalized spacial score (nSPS) is 19.3. The van der Waals surface area contributed by atoms with Crippen LogP contribution in [0.15, 0.2) is 18.2 Å². The molecule has 18 heavy (non-hydrogen) atoms. The van der Waals surface area contributed by atoms with Crippen molar-refractivity contribution in [1.82, 2.24) is 4.90 Å². The Balaban J connectivity index is 2.17. The van der Waals surface area contributed by atoms with Crippen LogP contribution in [0.25, 0.3) is 0 Å². The van der Waals surface area contributed by atoms with Crippen LogP contribution in [0.1, 0.15) is 23.2 Å². The molecule has 0 bridgehead atoms. The van der Waals surface area contributed by atoms with Crippen molar-refractivity contribution >= 4 is 5.91 Å². The molecule has 2 N–H and O–H groups in total. The summed E-state index contributed by atoms with van der Waals surface area (Å²) in [7, 11) is 0. The number of hydrogen-bond acceptors (Lipinski definition) is 3. The molecule has 0 spiro atoms. The van der Waals surface area contributed by atoms with Crippen molar-refractivity contribution in [2.75, 3.05) is 13.2 Å². The van der Waals surface area contributed by atoms with E-state index in [9.17, 15) is 13.6 Å². The Hall–Kier alpha value is -1.53. The predicted molar refractivity (Wildman–Crippen MR) is 60.6 cm³/mol. The molecule has 98 valence electrons. The minimum absolute atomic E-state index is 0.101. The first-order chi connectivity index (χ1) is 8.63. The first kappa shape index (κ1) is 12.9. The van der Waals surface area contributed by atoms with Gasteiger partial charge in [0.2, 0.25) is 0 Å². The van der Waals surface area contributed by atoms with Gasteiger partial charge in [-0.1, -0.05) is 0 Å². The average Bonchev–Trinajstić information content (AvgIpc) is 2.80. The molecule has 1 aromatic carbocycles. The van der Waals surface area contributed by atoms with Crippen LogP contribution < -0.4 is 5.90 Å². The molecule has 1 saturated heterocycles. The first-order valence-electron chi connectivity index (χ1n) is 5.71. The van der Waals surface area contributed by atoms with Gasteiger partial charge in [-0.2, -0.15) is 0 Å². The molecule has 0 aromatic heterocycles. The second-order valence-corrected chi connectivity index (χ2v) is 4.26. The number of rotatable bonds is 3. The summed E-state index contributed by atoms with van der Waals surface area (Å²) in [5.74, 6) is 2.70. The van der Waals surface area contributed by atoms with Crippen LogP contribution in [-0.4, -0.2) is 30.0 Å². The van der Waals surface area contributed by atoms with Crippen molar-refractivity contribution in [3.8, 4) is 0 Å². The third-order valence-electron chi connectivity index (χ3n) is 3.09. The molecule has 4 nitrogen and oxygen atoms in total. The monoisotopic (exact) mass is 256 g/mol. The number of benzene rings is 1. The molecular formula is C12H14F2N2O2. The van der Waals surface area contributed by atoms with Gasteiger partial charge < -0.3 is 9.74 Å². The molecule has 1 fully saturated rings. The number of carbonyl (C=O) groups is 1. The molecule has 1 amide bonds. The van der Waals surface area contributed by atoms with E-state index < -0.39 is 11.6 Å². The van der Waals surface area contributed by atoms with Crippen LogP contribution in [0.5, 0.6) is 0 Å². The highest BCUT2D eigenvalue weighted by atomic mass is 19.2. The second kappa shape index (κ2) is 5.41. The summed E-state index contributed by atoms with van der Waals surface area (Å²) < 4.78 is 25.9. The third kappa shape index (κ3) is 2.49. The average molecular weight is 256 g/mol. The molecule has 0 aliphatic carbocycles. The van der Waals surface area contributed by atoms with Gasteiger partial charge in [0.15, 0.2) is 11.6 Å². The Morgan fingerprint density at radius 1 is 1.44 bits per heavy atom. The summed E-state index contributed by atoms with van der Waals surface area (Å²) in [6.45, 7) is 0.821. The van der Waals surface area contributed by atoms with Crippen molar-refractivity contribution in [3.05, 3.63) is 35.4 Å². The maximum Gasteiger partial charge on any atom is 0.254 e. The van der Waals surface area contributed by atoms with Gasteiger partial charge in [0.25, 0.3) is 5.91 Å². The van der Waals surface area contributed by atoms with Gasteiger partial charge >= 0.3 is 0 Å². The zero-order valence-electron chi connectivity index (χ0n) is 9.73. The van der Waals surface area contributed by atoms with E-state index in [0.717, 1.165) is 25.0 Å². The maximum absolute atomic E-state index is 13.1. The SMILES string of the molecule is NOCC1CCCN1C(=O)c1ccc(F)c(F)c1. The van der Waals surface area contributed by atoms with E-state index in [1.807, 2.05) is 0 Å². The molecule has 1 atom stereocenters. The van der Waals surface area contributed by atoms with Crippen LogP contribution in [0.3, 0.4) is 0 Å². The summed E-state index contributed by atoms with van der Waals surface area (Å²) in [6.07, 6.45) is 1.65. The highest BCUT2D eigenvalue weighted by Gasteiger charge is 2.29. The Labute approximate surface area is 103 Å². The fourth-order valence-electron chi connectivity index (χ4n) is 2.18. The van der Waals surface area contributed by atoms with Gasteiger partial charge in [0.05, 0.1) is 12.6 Å². The van der Waals surface area contributed by atoms with E-state index in [-0.39, 0.29) is 24.1 Å². The molecule has 1 heterocycles. The zero-order valence-corrected chi connectivity index (χ0v) is 9.73. The van der Waals surface area contributed by atoms with E-state index >= 15 is 0 Å². The Morgan fingerprint density at radius 2 is 2.22 bits per heavy atom. The summed E-state index contributed by atoms with van der Waals surface area (Å²) in [5, 5.41) is 0. The van der Waals surface area contributed by atoms with Crippen molar-refractivity contribution in [2.24, 2.45) is 5.90 Å². The molecule has 1 aliphatic heterocycles. The molecule has 2 rings (SSSR count). The third-order valence-corrected chi connectivity index (χ3v) is 3.09. The van der Waals surface area contributed by atoms with Crippen molar-refractivity contribution < 1.29 is 18.4 Å². The van der Waals surface area contributed by atoms with E-state index in [4.69, 9.17) is 5.90 Å². The Bertz CT molecular complexity index is 454. The lowest BCUT2D eigenvalue weighted by Crippen LogP contribution is -2.38. The summed E-state index contributed by atoms with van der Waals surface area (Å²) in [5.41, 5.74) is 0.137. The molecule has 1 unspecified atom stereocenters. The van der Waals surface area contributed by atoms with E-state index in [2.05, 4.69) is 4.84 Å². The van der Waals surface area contributed by atoms with Gasteiger partial charge in [0, 0.05) is 12.1 Å². The molecular weight excluding hydrogens is 242 g/mol. The van der Waals surface area contributed by atoms with E-state index in [1.165, 1.54) is 6.07 Å². The molecule has 1 aromatic rings. The summed E-state index contributed by atoms with van der Waals surface area (Å²) in [4.78, 5) is 18.3. The fraction of sp³-hybridized carbons (Fsp3) is 0.417. The number of hydrogen-bond donors (Lipinski definition) is 1. The lowest BCUT2D eigenvalue weighted by molar-refractivity contribution is 0.0540. The topological polar surface area (TPSA) is 55.6 Å². The lowest BCUT2D eigenvalue weighted by atomic mass is 10.1. The van der Waals surface area contributed by atoms with Gasteiger partial charge in [-0.25, -0.2) is 14.7 Å². The first-order valence-corrected chi connectivity index (χ1v) is 5.71. The van der Waals surface area contributed by atoms with Crippen LogP contribution in [0.2, 0.25) is 0 Å². The highest BCUT2D eigenvalue weighted by Crippen LogP contribution is 2.21. The Morgan fingerprint density at radius 3 is 2.89 bits per heavy atom. The number of nitrogens with zero attached hydrogens (tertiary/aromatic N) is 1. The number of halogens is 2. The van der Waals surface area contributed by atoms with Crippen LogP contribution in [-0.2, 0) is 4.84 Å². The minimum atomic E-state index is -1.02. The van der Waals surface area contributed by atoms with Crippen LogP contribution >= 0.6 is 0 Å². The van der Waals surface area contributed by atoms with Crippen molar-refractivity contribution in [1.29, 1.82) is 0 Å². The predicted octanol–water partition coefficient (Wildman–Crippen LogP) is 1.46. The molecule has 1 aliphatic rings. The lowest BCUT2D eigenvalue weighted by Gasteiger charge is -2.23. The summed E-state index contributed by atoms with van der Waals surface area (Å²) >= 11 is 0. The van der Waals surface area contributed by atoms with Gasteiger partial charge in [-0.05, 0) is 31.0 Å². The standard InChI is InChI=1S/C12H14F2N2O2/c13-10-4-3-8(6-11(10)14)12(17)16-5-1-2-9(16)7-18-15/h3-4,6,9H,1-2,5,7,15H2. The number of carbonyl (C=O) groups excluding carboxylic acids is 1. The van der Waals surface area contributed by atoms with Crippen LogP contribution in [0, 0.1) is 11.6 Å². The molecule has 6 heteroatoms. The zero-order chi connectivity index (χ0) is 13.1. The van der Waals surface area contributed by atoms with Gasteiger partial charge in [0.1, 0.15) is 0 Å². The highest BCUT2D eigenvalue weighted by molar-refractivity contribution is 5.94. The number of amides is 1. The van der Waals surface area contributed by atoms with Gasteiger partial charge in [-0.3, -0.25) is 4.79 Å². The van der Waals surface area contributed by atoms with Gasteiger partial charge in [-0.15, -0.1) is 0 Å². The van der Waals surface area contributed by atoms with E-state index in [0.29, 0.717) is 6.54 Å². The van der Waals surface area contributed by atoms with E-state index in [1.54, 1.807) is 4.90 Å². The number of nitrogens with two attached hydrogens (primary N) is 1. The van der Waals surface area contributed by atoms with Crippen LogP contribution in [0.4, 0.5) is 8.78 Å². The minimum Gasteiger partial charge on any atom is -0.333 e. The fourth-order valence-corrected chi connectivity index (χ4v) is 2.18. The quantitative estimate of drug-likeness (QED) is 0.833. The van der Waals surface area contributed by atoms with Crippen molar-refractivity contribution in [3.63, 3.8) is 0 Å². The second-order valence-electron chi connectivity index (χ2n) is 4.26. The summed E-state index contributed by atoms with van der Waals surface area (Å²) in [6, 6.07) is 3.04. The Kier molecular flexibility index (Phi) is 3.88. The number of likely N-dealkylation sites (tertiary alicyclic amines) is 1. The molecule has 0 radical (unpaired) electrons. The largest absolute Gasteiger partial charge is 0.333 e. The smallest absolute Gasteiger partial charge is 0.254 e. The molecule has 0 saturated carbocycles.